The molecule has 0 amide bonds. The normalized spacial score (nSPS) is 13.2. The van der Waals surface area contributed by atoms with Crippen molar-refractivity contribution in [2.75, 3.05) is 13.2 Å². The zero-order valence-electron chi connectivity index (χ0n) is 48.3. The van der Waals surface area contributed by atoms with Crippen LogP contribution in [0.15, 0.2) is 146 Å². The molecule has 6 nitrogen and oxygen atoms in total. The van der Waals surface area contributed by atoms with Gasteiger partial charge in [0, 0.05) is 19.3 Å². The first-order valence-corrected chi connectivity index (χ1v) is 30.3. The average molecular weight is 1040 g/mol. The van der Waals surface area contributed by atoms with Gasteiger partial charge in [0.2, 0.25) is 0 Å². The summed E-state index contributed by atoms with van der Waals surface area (Å²) in [6, 6.07) is 0. The molecular weight excluding hydrogens is 925 g/mol. The van der Waals surface area contributed by atoms with E-state index in [1.165, 1.54) is 77.0 Å². The quantitative estimate of drug-likeness (QED) is 0.0261. The van der Waals surface area contributed by atoms with E-state index >= 15 is 0 Å². The summed E-state index contributed by atoms with van der Waals surface area (Å²) in [5.41, 5.74) is 0. The van der Waals surface area contributed by atoms with Gasteiger partial charge in [0.1, 0.15) is 13.2 Å². The molecule has 1 atom stereocenters. The minimum atomic E-state index is -0.819. The predicted octanol–water partition coefficient (Wildman–Crippen LogP) is 20.8. The second-order valence-corrected chi connectivity index (χ2v) is 19.5. The van der Waals surface area contributed by atoms with Gasteiger partial charge in [-0.15, -0.1) is 0 Å². The third-order valence-electron chi connectivity index (χ3n) is 12.3. The van der Waals surface area contributed by atoms with E-state index < -0.39 is 6.10 Å². The second-order valence-electron chi connectivity index (χ2n) is 19.5. The molecule has 0 aromatic carbocycles. The van der Waals surface area contributed by atoms with E-state index in [1.807, 2.05) is 0 Å². The Balaban J connectivity index is 4.51. The summed E-state index contributed by atoms with van der Waals surface area (Å²) in [6.45, 7) is 6.33. The van der Waals surface area contributed by atoms with Crippen LogP contribution in [0.1, 0.15) is 252 Å². The molecule has 75 heavy (non-hydrogen) atoms. The highest BCUT2D eigenvalue weighted by Gasteiger charge is 2.19. The molecule has 0 saturated heterocycles. The number of unbranched alkanes of at least 4 members (excludes halogenated alkanes) is 18. The molecule has 1 unspecified atom stereocenters. The van der Waals surface area contributed by atoms with Gasteiger partial charge in [-0.25, -0.2) is 0 Å². The highest BCUT2D eigenvalue weighted by atomic mass is 16.6. The number of allylic oxidation sites excluding steroid dienone is 24. The van der Waals surface area contributed by atoms with E-state index in [-0.39, 0.29) is 31.1 Å². The molecule has 0 radical (unpaired) electrons. The first kappa shape index (κ1) is 70.3. The molecule has 0 heterocycles. The average Bonchev–Trinajstić information content (AvgIpc) is 3.41. The number of ether oxygens (including phenoxy) is 3. The SMILES string of the molecule is CC/C=C\C/C=C\C/C=C\C/C=C\C/C=C\C/C=C\C/C=C\CCCCCC(=O)OCC(COC(=O)CCCC/C=C\C/C=C\C/C=C\C/C=C\CC)OC(=O)CCCCCCCCC/C=C\CCCCCCCC. The van der Waals surface area contributed by atoms with E-state index in [4.69, 9.17) is 14.2 Å². The molecule has 6 heteroatoms. The number of hydrogen-bond acceptors (Lipinski definition) is 6. The Bertz CT molecular complexity index is 1660. The van der Waals surface area contributed by atoms with Gasteiger partial charge in [0.15, 0.2) is 6.10 Å². The van der Waals surface area contributed by atoms with E-state index in [1.54, 1.807) is 0 Å². The van der Waals surface area contributed by atoms with E-state index in [0.717, 1.165) is 128 Å². The summed E-state index contributed by atoms with van der Waals surface area (Å²) in [7, 11) is 0. The second kappa shape index (κ2) is 61.8. The molecule has 0 aromatic rings. The summed E-state index contributed by atoms with van der Waals surface area (Å²) in [5.74, 6) is -0.995. The van der Waals surface area contributed by atoms with E-state index in [9.17, 15) is 14.4 Å². The van der Waals surface area contributed by atoms with Crippen molar-refractivity contribution in [2.24, 2.45) is 0 Å². The highest BCUT2D eigenvalue weighted by Crippen LogP contribution is 2.14. The summed E-state index contributed by atoms with van der Waals surface area (Å²) < 4.78 is 16.8. The van der Waals surface area contributed by atoms with Crippen molar-refractivity contribution in [1.29, 1.82) is 0 Å². The molecule has 0 spiro atoms. The molecule has 0 aromatic heterocycles. The third-order valence-corrected chi connectivity index (χ3v) is 12.3. The van der Waals surface area contributed by atoms with Gasteiger partial charge in [-0.1, -0.05) is 237 Å². The summed E-state index contributed by atoms with van der Waals surface area (Å²) in [5, 5.41) is 0. The van der Waals surface area contributed by atoms with Gasteiger partial charge < -0.3 is 14.2 Å². The van der Waals surface area contributed by atoms with Crippen LogP contribution in [0, 0.1) is 0 Å². The van der Waals surface area contributed by atoms with Crippen molar-refractivity contribution >= 4 is 17.9 Å². The lowest BCUT2D eigenvalue weighted by molar-refractivity contribution is -0.167. The van der Waals surface area contributed by atoms with Crippen LogP contribution >= 0.6 is 0 Å². The Labute approximate surface area is 461 Å². The number of carbonyl (C=O) groups is 3. The lowest BCUT2D eigenvalue weighted by Gasteiger charge is -2.18. The molecule has 0 N–H and O–H groups in total. The van der Waals surface area contributed by atoms with Crippen LogP contribution in [0.2, 0.25) is 0 Å². The minimum Gasteiger partial charge on any atom is -0.462 e. The Morgan fingerprint density at radius 3 is 0.867 bits per heavy atom. The van der Waals surface area contributed by atoms with Crippen LogP contribution < -0.4 is 0 Å². The number of hydrogen-bond donors (Lipinski definition) is 0. The summed E-state index contributed by atoms with van der Waals surface area (Å²) in [6.07, 6.45) is 88.4. The van der Waals surface area contributed by atoms with E-state index in [2.05, 4.69) is 167 Å². The van der Waals surface area contributed by atoms with Crippen LogP contribution in [0.3, 0.4) is 0 Å². The third kappa shape index (κ3) is 60.0. The Morgan fingerprint density at radius 2 is 0.520 bits per heavy atom. The smallest absolute Gasteiger partial charge is 0.306 e. The van der Waals surface area contributed by atoms with Crippen molar-refractivity contribution in [1.82, 2.24) is 0 Å². The van der Waals surface area contributed by atoms with Crippen LogP contribution in [-0.2, 0) is 28.6 Å². The van der Waals surface area contributed by atoms with Crippen LogP contribution in [-0.4, -0.2) is 37.2 Å². The van der Waals surface area contributed by atoms with Crippen molar-refractivity contribution in [3.05, 3.63) is 146 Å². The maximum absolute atomic E-state index is 12.9. The largest absolute Gasteiger partial charge is 0.462 e. The summed E-state index contributed by atoms with van der Waals surface area (Å²) in [4.78, 5) is 38.2. The van der Waals surface area contributed by atoms with Crippen LogP contribution in [0.4, 0.5) is 0 Å². The predicted molar refractivity (Wildman–Crippen MR) is 325 cm³/mol. The van der Waals surface area contributed by atoms with Gasteiger partial charge in [0.05, 0.1) is 0 Å². The molecule has 0 fully saturated rings. The molecule has 0 saturated carbocycles. The van der Waals surface area contributed by atoms with Gasteiger partial charge in [-0.2, -0.15) is 0 Å². The Kier molecular flexibility index (Phi) is 58.0. The van der Waals surface area contributed by atoms with E-state index in [0.29, 0.717) is 25.7 Å². The van der Waals surface area contributed by atoms with Crippen molar-refractivity contribution in [2.45, 2.75) is 258 Å². The first-order chi connectivity index (χ1) is 37.0. The molecule has 0 rings (SSSR count). The van der Waals surface area contributed by atoms with Gasteiger partial charge in [-0.05, 0) is 141 Å². The maximum Gasteiger partial charge on any atom is 0.306 e. The zero-order valence-corrected chi connectivity index (χ0v) is 48.3. The summed E-state index contributed by atoms with van der Waals surface area (Å²) >= 11 is 0. The number of rotatable bonds is 53. The van der Waals surface area contributed by atoms with Crippen molar-refractivity contribution in [3.63, 3.8) is 0 Å². The molecule has 0 bridgehead atoms. The van der Waals surface area contributed by atoms with Gasteiger partial charge >= 0.3 is 17.9 Å². The monoisotopic (exact) mass is 1030 g/mol. The highest BCUT2D eigenvalue weighted by molar-refractivity contribution is 5.71. The fourth-order valence-electron chi connectivity index (χ4n) is 7.82. The molecular formula is C69H110O6. The molecule has 0 aliphatic heterocycles. The van der Waals surface area contributed by atoms with Gasteiger partial charge in [0.25, 0.3) is 0 Å². The maximum atomic E-state index is 12.9. The lowest BCUT2D eigenvalue weighted by Crippen LogP contribution is -2.30. The number of esters is 3. The minimum absolute atomic E-state index is 0.116. The molecule has 422 valence electrons. The van der Waals surface area contributed by atoms with Crippen molar-refractivity contribution < 1.29 is 28.6 Å². The van der Waals surface area contributed by atoms with Crippen LogP contribution in [0.25, 0.3) is 0 Å². The standard InChI is InChI=1S/C69H110O6/c1-4-7-10-13-16-19-22-25-28-30-31-32-33-34-35-36-37-39-41-44-47-50-53-56-59-62-68(71)74-65-66(64-73-67(70)61-58-55-52-49-46-43-40-27-24-21-18-15-12-9-6-3)75-69(72)63-60-57-54-51-48-45-42-38-29-26-23-20-17-14-11-8-5-2/h7,9-10,12,16,18-19,21,25-29,31-32,34-35,37,39-40,44,46-47,49,66H,4-6,8,11,13-15,17,20,22-24,30,33,36,38,41-43,45,48,50-65H2,1-3H3/b10-7-,12-9-,19-16-,21-18-,28-25-,29-26-,32-31-,35-34-,39-37-,40-27-,47-44-,49-46-. The van der Waals surface area contributed by atoms with Crippen molar-refractivity contribution in [3.8, 4) is 0 Å². The Hall–Kier alpha value is -4.71. The number of carbonyl (C=O) groups excluding carboxylic acids is 3. The fourth-order valence-corrected chi connectivity index (χ4v) is 7.82. The zero-order chi connectivity index (χ0) is 54.3. The fraction of sp³-hybridized carbons (Fsp3) is 0.609. The molecule has 0 aliphatic rings. The topological polar surface area (TPSA) is 78.9 Å². The lowest BCUT2D eigenvalue weighted by atomic mass is 10.1. The Morgan fingerprint density at radius 1 is 0.280 bits per heavy atom. The van der Waals surface area contributed by atoms with Crippen LogP contribution in [0.5, 0.6) is 0 Å². The first-order valence-electron chi connectivity index (χ1n) is 30.3. The molecule has 0 aliphatic carbocycles. The van der Waals surface area contributed by atoms with Gasteiger partial charge in [-0.3, -0.25) is 14.4 Å².